The number of halogens is 2. The van der Waals surface area contributed by atoms with Gasteiger partial charge in [-0.3, -0.25) is 0 Å². The Morgan fingerprint density at radius 2 is 2.05 bits per heavy atom. The van der Waals surface area contributed by atoms with E-state index in [1.807, 2.05) is 6.07 Å². The Morgan fingerprint density at radius 1 is 1.26 bits per heavy atom. The SMILES string of the molecule is N#Cc1ccc(NCc2cc(O)cc(F)c2)c(Cl)c1. The van der Waals surface area contributed by atoms with Crippen LogP contribution in [0.4, 0.5) is 10.1 Å². The molecule has 0 spiro atoms. The molecular weight excluding hydrogens is 267 g/mol. The van der Waals surface area contributed by atoms with Crippen LogP contribution in [0.5, 0.6) is 5.75 Å². The van der Waals surface area contributed by atoms with E-state index in [9.17, 15) is 9.50 Å². The van der Waals surface area contributed by atoms with Gasteiger partial charge < -0.3 is 10.4 Å². The highest BCUT2D eigenvalue weighted by atomic mass is 35.5. The van der Waals surface area contributed by atoms with Gasteiger partial charge in [-0.1, -0.05) is 11.6 Å². The number of aromatic hydroxyl groups is 1. The van der Waals surface area contributed by atoms with Gasteiger partial charge in [0, 0.05) is 12.6 Å². The molecule has 5 heteroatoms. The van der Waals surface area contributed by atoms with Crippen LogP contribution < -0.4 is 5.32 Å². The summed E-state index contributed by atoms with van der Waals surface area (Å²) in [5.41, 5.74) is 1.71. The minimum atomic E-state index is -0.497. The van der Waals surface area contributed by atoms with Crippen LogP contribution in [0.3, 0.4) is 0 Å². The van der Waals surface area contributed by atoms with Crippen molar-refractivity contribution in [3.8, 4) is 11.8 Å². The van der Waals surface area contributed by atoms with E-state index in [0.717, 1.165) is 6.07 Å². The molecular formula is C14H10ClFN2O. The predicted molar refractivity (Wildman–Crippen MR) is 71.6 cm³/mol. The summed E-state index contributed by atoms with van der Waals surface area (Å²) in [5, 5.41) is 21.4. The van der Waals surface area contributed by atoms with Crippen molar-refractivity contribution in [2.45, 2.75) is 6.54 Å². The highest BCUT2D eigenvalue weighted by molar-refractivity contribution is 6.33. The topological polar surface area (TPSA) is 56.0 Å². The second-order valence-corrected chi connectivity index (χ2v) is 4.38. The van der Waals surface area contributed by atoms with E-state index >= 15 is 0 Å². The van der Waals surface area contributed by atoms with E-state index in [4.69, 9.17) is 16.9 Å². The molecule has 0 radical (unpaired) electrons. The molecule has 0 fully saturated rings. The molecule has 0 aromatic heterocycles. The summed E-state index contributed by atoms with van der Waals surface area (Å²) in [7, 11) is 0. The number of nitrogens with zero attached hydrogens (tertiary/aromatic N) is 1. The molecule has 0 unspecified atom stereocenters. The van der Waals surface area contributed by atoms with Crippen LogP contribution in [0.1, 0.15) is 11.1 Å². The smallest absolute Gasteiger partial charge is 0.127 e. The molecule has 0 bridgehead atoms. The molecule has 96 valence electrons. The van der Waals surface area contributed by atoms with E-state index in [1.54, 1.807) is 18.2 Å². The first-order valence-corrected chi connectivity index (χ1v) is 5.88. The Balaban J connectivity index is 2.12. The Hall–Kier alpha value is -2.25. The zero-order valence-electron chi connectivity index (χ0n) is 9.82. The van der Waals surface area contributed by atoms with E-state index in [2.05, 4.69) is 5.32 Å². The largest absolute Gasteiger partial charge is 0.508 e. The molecule has 0 heterocycles. The van der Waals surface area contributed by atoms with Crippen molar-refractivity contribution in [3.05, 3.63) is 58.4 Å². The molecule has 0 saturated carbocycles. The molecule has 2 rings (SSSR count). The second-order valence-electron chi connectivity index (χ2n) is 3.98. The van der Waals surface area contributed by atoms with Crippen LogP contribution in [-0.2, 0) is 6.54 Å². The Labute approximate surface area is 114 Å². The zero-order chi connectivity index (χ0) is 13.8. The van der Waals surface area contributed by atoms with Crippen molar-refractivity contribution in [2.24, 2.45) is 0 Å². The number of nitrogens with one attached hydrogen (secondary N) is 1. The van der Waals surface area contributed by atoms with Gasteiger partial charge in [0.15, 0.2) is 0 Å². The van der Waals surface area contributed by atoms with Gasteiger partial charge in [-0.05, 0) is 35.9 Å². The van der Waals surface area contributed by atoms with Gasteiger partial charge in [0.2, 0.25) is 0 Å². The van der Waals surface area contributed by atoms with Gasteiger partial charge in [-0.15, -0.1) is 0 Å². The predicted octanol–water partition coefficient (Wildman–Crippen LogP) is 3.67. The molecule has 2 aromatic rings. The van der Waals surface area contributed by atoms with Gasteiger partial charge in [-0.2, -0.15) is 5.26 Å². The maximum Gasteiger partial charge on any atom is 0.127 e. The van der Waals surface area contributed by atoms with Gasteiger partial charge in [0.1, 0.15) is 11.6 Å². The van der Waals surface area contributed by atoms with Crippen LogP contribution in [0.2, 0.25) is 5.02 Å². The lowest BCUT2D eigenvalue weighted by Crippen LogP contribution is -2.00. The molecule has 19 heavy (non-hydrogen) atoms. The summed E-state index contributed by atoms with van der Waals surface area (Å²) in [4.78, 5) is 0. The number of benzene rings is 2. The second kappa shape index (κ2) is 5.59. The van der Waals surface area contributed by atoms with E-state index in [1.165, 1.54) is 12.1 Å². The van der Waals surface area contributed by atoms with Gasteiger partial charge in [-0.25, -0.2) is 4.39 Å². The first-order valence-electron chi connectivity index (χ1n) is 5.50. The minimum absolute atomic E-state index is 0.122. The molecule has 0 aliphatic heterocycles. The third kappa shape index (κ3) is 3.36. The maximum atomic E-state index is 13.1. The standard InChI is InChI=1S/C14H10ClFN2O/c15-13-5-9(7-17)1-2-14(13)18-8-10-3-11(16)6-12(19)4-10/h1-6,18-19H,8H2. The monoisotopic (exact) mass is 276 g/mol. The van der Waals surface area contributed by atoms with Crippen LogP contribution >= 0.6 is 11.6 Å². The summed E-state index contributed by atoms with van der Waals surface area (Å²) in [6.07, 6.45) is 0. The maximum absolute atomic E-state index is 13.1. The van der Waals surface area contributed by atoms with Gasteiger partial charge in [0.25, 0.3) is 0 Å². The number of hydrogen-bond acceptors (Lipinski definition) is 3. The number of anilines is 1. The quantitative estimate of drug-likeness (QED) is 0.899. The Morgan fingerprint density at radius 3 is 2.68 bits per heavy atom. The third-order valence-electron chi connectivity index (χ3n) is 2.52. The molecule has 0 saturated heterocycles. The molecule has 3 nitrogen and oxygen atoms in total. The fraction of sp³-hybridized carbons (Fsp3) is 0.0714. The van der Waals surface area contributed by atoms with E-state index < -0.39 is 5.82 Å². The number of nitriles is 1. The molecule has 0 atom stereocenters. The lowest BCUT2D eigenvalue weighted by molar-refractivity contribution is 0.468. The summed E-state index contributed by atoms with van der Waals surface area (Å²) >= 11 is 6.00. The number of phenols is 1. The number of phenolic OH excluding ortho intramolecular Hbond substituents is 1. The van der Waals surface area contributed by atoms with E-state index in [-0.39, 0.29) is 5.75 Å². The van der Waals surface area contributed by atoms with Gasteiger partial charge in [0.05, 0.1) is 22.3 Å². The molecule has 0 amide bonds. The summed E-state index contributed by atoms with van der Waals surface area (Å²) in [6, 6.07) is 10.7. The van der Waals surface area contributed by atoms with Crippen molar-refractivity contribution in [3.63, 3.8) is 0 Å². The van der Waals surface area contributed by atoms with Crippen LogP contribution in [0.15, 0.2) is 36.4 Å². The number of hydrogen-bond donors (Lipinski definition) is 2. The van der Waals surface area contributed by atoms with Crippen molar-refractivity contribution in [2.75, 3.05) is 5.32 Å². The summed E-state index contributed by atoms with van der Waals surface area (Å²) in [5.74, 6) is -0.620. The molecule has 2 N–H and O–H groups in total. The lowest BCUT2D eigenvalue weighted by atomic mass is 10.2. The van der Waals surface area contributed by atoms with Crippen LogP contribution in [0.25, 0.3) is 0 Å². The van der Waals surface area contributed by atoms with E-state index in [0.29, 0.717) is 28.4 Å². The molecule has 2 aromatic carbocycles. The fourth-order valence-electron chi connectivity index (χ4n) is 1.66. The highest BCUT2D eigenvalue weighted by Gasteiger charge is 2.03. The average molecular weight is 277 g/mol. The average Bonchev–Trinajstić information content (AvgIpc) is 2.36. The van der Waals surface area contributed by atoms with Crippen molar-refractivity contribution in [1.82, 2.24) is 0 Å². The zero-order valence-corrected chi connectivity index (χ0v) is 10.6. The summed E-state index contributed by atoms with van der Waals surface area (Å²) < 4.78 is 13.1. The first-order chi connectivity index (χ1) is 9.08. The highest BCUT2D eigenvalue weighted by Crippen LogP contribution is 2.24. The first kappa shape index (κ1) is 13.2. The Kier molecular flexibility index (Phi) is 3.88. The summed E-state index contributed by atoms with van der Waals surface area (Å²) in [6.45, 7) is 0.316. The van der Waals surface area contributed by atoms with Gasteiger partial charge >= 0.3 is 0 Å². The lowest BCUT2D eigenvalue weighted by Gasteiger charge is -2.09. The molecule has 0 aliphatic rings. The third-order valence-corrected chi connectivity index (χ3v) is 2.84. The fourth-order valence-corrected chi connectivity index (χ4v) is 1.91. The normalized spacial score (nSPS) is 9.95. The van der Waals surface area contributed by atoms with Crippen molar-refractivity contribution < 1.29 is 9.50 Å². The molecule has 0 aliphatic carbocycles. The van der Waals surface area contributed by atoms with Crippen molar-refractivity contribution >= 4 is 17.3 Å². The minimum Gasteiger partial charge on any atom is -0.508 e. The van der Waals surface area contributed by atoms with Crippen LogP contribution in [-0.4, -0.2) is 5.11 Å². The van der Waals surface area contributed by atoms with Crippen LogP contribution in [0, 0.1) is 17.1 Å². The number of rotatable bonds is 3. The van der Waals surface area contributed by atoms with Crippen molar-refractivity contribution in [1.29, 1.82) is 5.26 Å². The Bertz CT molecular complexity index is 632.